The normalized spacial score (nSPS) is 10.8. The van der Waals surface area contributed by atoms with Crippen molar-refractivity contribution in [3.8, 4) is 0 Å². The zero-order chi connectivity index (χ0) is 20.4. The summed E-state index contributed by atoms with van der Waals surface area (Å²) in [6.45, 7) is 3.34. The molecule has 0 aliphatic rings. The van der Waals surface area contributed by atoms with Crippen LogP contribution in [0.1, 0.15) is 48.8 Å². The molecule has 0 saturated carbocycles. The van der Waals surface area contributed by atoms with Crippen LogP contribution in [-0.4, -0.2) is 23.8 Å². The number of ether oxygens (including phenoxy) is 1. The van der Waals surface area contributed by atoms with Crippen LogP contribution < -0.4 is 0 Å². The van der Waals surface area contributed by atoms with Gasteiger partial charge in [0.25, 0.3) is 0 Å². The maximum atomic E-state index is 13.9. The predicted molar refractivity (Wildman–Crippen MR) is 101 cm³/mol. The highest BCUT2D eigenvalue weighted by atomic mass is 19.1. The second-order valence-electron chi connectivity index (χ2n) is 6.55. The molecule has 0 aliphatic carbocycles. The first-order valence-corrected chi connectivity index (χ1v) is 8.67. The molecule has 0 saturated heterocycles. The van der Waals surface area contributed by atoms with Crippen molar-refractivity contribution in [3.63, 3.8) is 0 Å². The summed E-state index contributed by atoms with van der Waals surface area (Å²) in [5.74, 6) is -2.03. The number of esters is 1. The van der Waals surface area contributed by atoms with Crippen molar-refractivity contribution in [2.75, 3.05) is 7.11 Å². The summed E-state index contributed by atoms with van der Waals surface area (Å²) < 4.78 is 31.9. The zero-order valence-corrected chi connectivity index (χ0v) is 15.7. The Balaban J connectivity index is 2.09. The Morgan fingerprint density at radius 2 is 1.54 bits per heavy atom. The Kier molecular flexibility index (Phi) is 5.40. The molecule has 28 heavy (non-hydrogen) atoms. The highest BCUT2D eigenvalue weighted by Crippen LogP contribution is 2.26. The van der Waals surface area contributed by atoms with Gasteiger partial charge in [0.1, 0.15) is 11.6 Å². The molecule has 1 heterocycles. The van der Waals surface area contributed by atoms with E-state index < -0.39 is 17.6 Å². The predicted octanol–water partition coefficient (Wildman–Crippen LogP) is 4.52. The van der Waals surface area contributed by atoms with E-state index in [0.717, 1.165) is 11.6 Å². The number of aryl methyl sites for hydroxylation is 2. The van der Waals surface area contributed by atoms with Gasteiger partial charge in [-0.1, -0.05) is 18.2 Å². The summed E-state index contributed by atoms with van der Waals surface area (Å²) in [7, 11) is 1.24. The fraction of sp³-hybridized carbons (Fsp3) is 0.182. The molecule has 1 aromatic heterocycles. The van der Waals surface area contributed by atoms with E-state index in [1.54, 1.807) is 26.0 Å². The first kappa shape index (κ1) is 19.5. The molecule has 3 aromatic rings. The number of hydrogen-bond acceptors (Lipinski definition) is 3. The lowest BCUT2D eigenvalue weighted by Gasteiger charge is -2.11. The fourth-order valence-electron chi connectivity index (χ4n) is 3.29. The van der Waals surface area contributed by atoms with Crippen LogP contribution in [0.5, 0.6) is 0 Å². The first-order valence-electron chi connectivity index (χ1n) is 8.67. The highest BCUT2D eigenvalue weighted by Gasteiger charge is 2.27. The summed E-state index contributed by atoms with van der Waals surface area (Å²) in [6.07, 6.45) is 0.317. The maximum Gasteiger partial charge on any atom is 0.340 e. The standard InChI is InChI=1S/C22H19F2NO3/c1-12-19(20(13(2)25-12)22(27)28-3)21(26)18-11-17(24)9-6-15(18)10-14-4-7-16(23)8-5-14/h4-9,11,25H,10H2,1-3H3. The minimum Gasteiger partial charge on any atom is -0.465 e. The average molecular weight is 383 g/mol. The highest BCUT2D eigenvalue weighted by molar-refractivity contribution is 6.16. The van der Waals surface area contributed by atoms with Gasteiger partial charge < -0.3 is 9.72 Å². The summed E-state index contributed by atoms with van der Waals surface area (Å²) in [5, 5.41) is 0. The molecule has 3 rings (SSSR count). The SMILES string of the molecule is COC(=O)c1c(C)[nH]c(C)c1C(=O)c1cc(F)ccc1Cc1ccc(F)cc1. The van der Waals surface area contributed by atoms with Crippen LogP contribution in [0.3, 0.4) is 0 Å². The summed E-state index contributed by atoms with van der Waals surface area (Å²) >= 11 is 0. The number of halogens is 2. The molecule has 4 nitrogen and oxygen atoms in total. The number of hydrogen-bond donors (Lipinski definition) is 1. The first-order chi connectivity index (χ1) is 13.3. The number of aromatic nitrogens is 1. The third-order valence-electron chi connectivity index (χ3n) is 4.62. The summed E-state index contributed by atoms with van der Waals surface area (Å²) in [4.78, 5) is 28.4. The minimum atomic E-state index is -0.637. The van der Waals surface area contributed by atoms with E-state index in [1.807, 2.05) is 0 Å². The van der Waals surface area contributed by atoms with Gasteiger partial charge in [0.15, 0.2) is 5.78 Å². The topological polar surface area (TPSA) is 59.2 Å². The van der Waals surface area contributed by atoms with E-state index in [9.17, 15) is 18.4 Å². The van der Waals surface area contributed by atoms with Gasteiger partial charge in [-0.3, -0.25) is 4.79 Å². The van der Waals surface area contributed by atoms with Gasteiger partial charge in [-0.05, 0) is 55.7 Å². The van der Waals surface area contributed by atoms with Gasteiger partial charge >= 0.3 is 5.97 Å². The monoisotopic (exact) mass is 383 g/mol. The van der Waals surface area contributed by atoms with Gasteiger partial charge in [0.05, 0.1) is 18.2 Å². The molecule has 2 aromatic carbocycles. The molecular formula is C22H19F2NO3. The van der Waals surface area contributed by atoms with E-state index in [-0.39, 0.29) is 22.5 Å². The molecule has 144 valence electrons. The molecule has 6 heteroatoms. The molecule has 0 radical (unpaired) electrons. The van der Waals surface area contributed by atoms with Crippen molar-refractivity contribution in [3.05, 3.63) is 93.3 Å². The minimum absolute atomic E-state index is 0.141. The van der Waals surface area contributed by atoms with Gasteiger partial charge in [-0.15, -0.1) is 0 Å². The molecule has 0 unspecified atom stereocenters. The van der Waals surface area contributed by atoms with Crippen molar-refractivity contribution in [1.29, 1.82) is 0 Å². The smallest absolute Gasteiger partial charge is 0.340 e. The van der Waals surface area contributed by atoms with Gasteiger partial charge in [0.2, 0.25) is 0 Å². The number of aromatic amines is 1. The van der Waals surface area contributed by atoms with Gasteiger partial charge in [0, 0.05) is 17.0 Å². The molecule has 0 atom stereocenters. The number of ketones is 1. The second kappa shape index (κ2) is 7.76. The van der Waals surface area contributed by atoms with Crippen LogP contribution in [0.2, 0.25) is 0 Å². The Morgan fingerprint density at radius 1 is 0.929 bits per heavy atom. The maximum absolute atomic E-state index is 13.9. The Morgan fingerprint density at radius 3 is 2.18 bits per heavy atom. The fourth-order valence-corrected chi connectivity index (χ4v) is 3.29. The molecule has 0 spiro atoms. The number of carbonyl (C=O) groups is 2. The van der Waals surface area contributed by atoms with Crippen LogP contribution in [-0.2, 0) is 11.2 Å². The van der Waals surface area contributed by atoms with Crippen LogP contribution in [0, 0.1) is 25.5 Å². The Labute approximate surface area is 161 Å². The molecule has 0 bridgehead atoms. The summed E-state index contributed by atoms with van der Waals surface area (Å²) in [5.41, 5.74) is 2.81. The number of nitrogens with one attached hydrogen (secondary N) is 1. The number of carbonyl (C=O) groups excluding carboxylic acids is 2. The number of methoxy groups -OCH3 is 1. The molecular weight excluding hydrogens is 364 g/mol. The molecule has 1 N–H and O–H groups in total. The van der Waals surface area contributed by atoms with E-state index in [4.69, 9.17) is 4.74 Å². The Bertz CT molecular complexity index is 1050. The van der Waals surface area contributed by atoms with Gasteiger partial charge in [-0.2, -0.15) is 0 Å². The lowest BCUT2D eigenvalue weighted by Crippen LogP contribution is -2.13. The van der Waals surface area contributed by atoms with Crippen LogP contribution in [0.4, 0.5) is 8.78 Å². The van der Waals surface area contributed by atoms with Crippen LogP contribution in [0.15, 0.2) is 42.5 Å². The van der Waals surface area contributed by atoms with Gasteiger partial charge in [-0.25, -0.2) is 13.6 Å². The Hall–Kier alpha value is -3.28. The van der Waals surface area contributed by atoms with Crippen molar-refractivity contribution in [2.24, 2.45) is 0 Å². The number of benzene rings is 2. The second-order valence-corrected chi connectivity index (χ2v) is 6.55. The van der Waals surface area contributed by atoms with Crippen molar-refractivity contribution in [1.82, 2.24) is 4.98 Å². The average Bonchev–Trinajstić information content (AvgIpc) is 2.97. The van der Waals surface area contributed by atoms with Crippen LogP contribution >= 0.6 is 0 Å². The zero-order valence-electron chi connectivity index (χ0n) is 15.7. The van der Waals surface area contributed by atoms with Crippen molar-refractivity contribution in [2.45, 2.75) is 20.3 Å². The third-order valence-corrected chi connectivity index (χ3v) is 4.62. The molecule has 0 amide bonds. The van der Waals surface area contributed by atoms with E-state index in [0.29, 0.717) is 23.4 Å². The summed E-state index contributed by atoms with van der Waals surface area (Å²) in [6, 6.07) is 9.83. The molecule has 0 aliphatic heterocycles. The lowest BCUT2D eigenvalue weighted by atomic mass is 9.92. The number of H-pyrrole nitrogens is 1. The third kappa shape index (κ3) is 3.71. The lowest BCUT2D eigenvalue weighted by molar-refractivity contribution is 0.0597. The van der Waals surface area contributed by atoms with Crippen molar-refractivity contribution >= 4 is 11.8 Å². The van der Waals surface area contributed by atoms with Crippen LogP contribution in [0.25, 0.3) is 0 Å². The van der Waals surface area contributed by atoms with Crippen molar-refractivity contribution < 1.29 is 23.1 Å². The van der Waals surface area contributed by atoms with E-state index >= 15 is 0 Å². The largest absolute Gasteiger partial charge is 0.465 e. The van der Waals surface area contributed by atoms with E-state index in [2.05, 4.69) is 4.98 Å². The number of rotatable bonds is 5. The quantitative estimate of drug-likeness (QED) is 0.521. The molecule has 0 fully saturated rings. The van der Waals surface area contributed by atoms with E-state index in [1.165, 1.54) is 31.4 Å².